The van der Waals surface area contributed by atoms with Crippen LogP contribution in [0.3, 0.4) is 0 Å². The monoisotopic (exact) mass is 212 g/mol. The molecule has 1 atom stereocenters. The molecule has 0 spiro atoms. The molecule has 0 N–H and O–H groups in total. The molecule has 0 heterocycles. The van der Waals surface area contributed by atoms with E-state index >= 15 is 0 Å². The van der Waals surface area contributed by atoms with E-state index in [4.69, 9.17) is 0 Å². The molecule has 1 aliphatic carbocycles. The summed E-state index contributed by atoms with van der Waals surface area (Å²) in [5.74, 6) is 0.127. The lowest BCUT2D eigenvalue weighted by molar-refractivity contribution is -0.117. The molecule has 82 valence electrons. The molecule has 1 aromatic carbocycles. The third-order valence-corrected chi connectivity index (χ3v) is 2.90. The standard InChI is InChI=1S/C15H16O/c1-12(16)15(13-8-4-2-5-9-13)14-10-6-3-7-11-14/h2,4-6,8-11,15H,3,7H2,1H3. The summed E-state index contributed by atoms with van der Waals surface area (Å²) >= 11 is 0. The van der Waals surface area contributed by atoms with Gasteiger partial charge in [-0.3, -0.25) is 4.79 Å². The van der Waals surface area contributed by atoms with E-state index in [0.29, 0.717) is 0 Å². The van der Waals surface area contributed by atoms with Gasteiger partial charge < -0.3 is 0 Å². The van der Waals surface area contributed by atoms with Gasteiger partial charge in [0.05, 0.1) is 5.92 Å². The van der Waals surface area contributed by atoms with E-state index in [9.17, 15) is 4.79 Å². The van der Waals surface area contributed by atoms with Gasteiger partial charge in [0.15, 0.2) is 0 Å². The third kappa shape index (κ3) is 2.30. The van der Waals surface area contributed by atoms with E-state index in [2.05, 4.69) is 18.2 Å². The molecule has 16 heavy (non-hydrogen) atoms. The highest BCUT2D eigenvalue weighted by Gasteiger charge is 2.20. The molecule has 1 aromatic rings. The summed E-state index contributed by atoms with van der Waals surface area (Å²) in [7, 11) is 0. The van der Waals surface area contributed by atoms with Crippen molar-refractivity contribution in [3.8, 4) is 0 Å². The van der Waals surface area contributed by atoms with Gasteiger partial charge in [0.2, 0.25) is 0 Å². The highest BCUT2D eigenvalue weighted by Crippen LogP contribution is 2.28. The summed E-state index contributed by atoms with van der Waals surface area (Å²) in [6.07, 6.45) is 8.54. The van der Waals surface area contributed by atoms with Gasteiger partial charge in [0.25, 0.3) is 0 Å². The zero-order chi connectivity index (χ0) is 11.4. The topological polar surface area (TPSA) is 17.1 Å². The molecular weight excluding hydrogens is 196 g/mol. The van der Waals surface area contributed by atoms with Crippen LogP contribution in [0.2, 0.25) is 0 Å². The second-order valence-corrected chi connectivity index (χ2v) is 4.14. The number of ketones is 1. The molecule has 0 aliphatic heterocycles. The highest BCUT2D eigenvalue weighted by atomic mass is 16.1. The fourth-order valence-corrected chi connectivity index (χ4v) is 2.16. The van der Waals surface area contributed by atoms with Crippen molar-refractivity contribution in [2.75, 3.05) is 0 Å². The molecule has 0 fully saturated rings. The van der Waals surface area contributed by atoms with Crippen LogP contribution >= 0.6 is 0 Å². The lowest BCUT2D eigenvalue weighted by atomic mass is 9.85. The molecule has 1 nitrogen and oxygen atoms in total. The maximum absolute atomic E-state index is 11.8. The van der Waals surface area contributed by atoms with Crippen LogP contribution in [-0.2, 0) is 4.79 Å². The van der Waals surface area contributed by atoms with Crippen molar-refractivity contribution in [3.63, 3.8) is 0 Å². The van der Waals surface area contributed by atoms with Crippen LogP contribution in [0, 0.1) is 0 Å². The van der Waals surface area contributed by atoms with Gasteiger partial charge in [0.1, 0.15) is 5.78 Å². The first-order chi connectivity index (χ1) is 7.79. The van der Waals surface area contributed by atoms with E-state index in [-0.39, 0.29) is 11.7 Å². The molecule has 0 saturated heterocycles. The van der Waals surface area contributed by atoms with Crippen molar-refractivity contribution >= 4 is 5.78 Å². The summed E-state index contributed by atoms with van der Waals surface area (Å²) in [5, 5.41) is 0. The van der Waals surface area contributed by atoms with Gasteiger partial charge in [-0.05, 0) is 30.9 Å². The molecule has 1 unspecified atom stereocenters. The average Bonchev–Trinajstić information content (AvgIpc) is 2.31. The summed E-state index contributed by atoms with van der Waals surface area (Å²) in [4.78, 5) is 11.8. The third-order valence-electron chi connectivity index (χ3n) is 2.90. The predicted molar refractivity (Wildman–Crippen MR) is 66.3 cm³/mol. The van der Waals surface area contributed by atoms with Gasteiger partial charge in [-0.2, -0.15) is 0 Å². The van der Waals surface area contributed by atoms with Crippen molar-refractivity contribution in [2.24, 2.45) is 0 Å². The first kappa shape index (κ1) is 10.9. The lowest BCUT2D eigenvalue weighted by Crippen LogP contribution is -2.11. The second-order valence-electron chi connectivity index (χ2n) is 4.14. The van der Waals surface area contributed by atoms with E-state index in [1.165, 1.54) is 0 Å². The molecule has 0 bridgehead atoms. The Bertz CT molecular complexity index is 426. The second kappa shape index (κ2) is 4.93. The van der Waals surface area contributed by atoms with Crippen LogP contribution in [0.15, 0.2) is 54.1 Å². The zero-order valence-electron chi connectivity index (χ0n) is 9.52. The Morgan fingerprint density at radius 3 is 2.50 bits per heavy atom. The number of carbonyl (C=O) groups excluding carboxylic acids is 1. The van der Waals surface area contributed by atoms with Crippen molar-refractivity contribution in [1.29, 1.82) is 0 Å². The molecule has 0 amide bonds. The van der Waals surface area contributed by atoms with Crippen LogP contribution in [0.1, 0.15) is 31.2 Å². The minimum atomic E-state index is -0.0854. The summed E-state index contributed by atoms with van der Waals surface area (Å²) in [5.41, 5.74) is 2.23. The van der Waals surface area contributed by atoms with Crippen molar-refractivity contribution in [1.82, 2.24) is 0 Å². The fraction of sp³-hybridized carbons (Fsp3) is 0.267. The molecule has 0 saturated carbocycles. The Labute approximate surface area is 96.5 Å². The lowest BCUT2D eigenvalue weighted by Gasteiger charge is -2.17. The van der Waals surface area contributed by atoms with Gasteiger partial charge >= 0.3 is 0 Å². The van der Waals surface area contributed by atoms with Crippen LogP contribution in [-0.4, -0.2) is 5.78 Å². The number of Topliss-reactive ketones (excluding diaryl/α,β-unsaturated/α-hetero) is 1. The smallest absolute Gasteiger partial charge is 0.141 e. The molecule has 0 aromatic heterocycles. The van der Waals surface area contributed by atoms with Crippen LogP contribution in [0.25, 0.3) is 0 Å². The average molecular weight is 212 g/mol. The van der Waals surface area contributed by atoms with Crippen LogP contribution in [0.4, 0.5) is 0 Å². The first-order valence-electron chi connectivity index (χ1n) is 5.71. The molecule has 1 heteroatoms. The first-order valence-corrected chi connectivity index (χ1v) is 5.71. The molecule has 2 rings (SSSR count). The SMILES string of the molecule is CC(=O)C(C1=CCCC=C1)c1ccccc1. The zero-order valence-corrected chi connectivity index (χ0v) is 9.52. The molecule has 1 aliphatic rings. The van der Waals surface area contributed by atoms with Gasteiger partial charge in [-0.15, -0.1) is 0 Å². The van der Waals surface area contributed by atoms with Crippen molar-refractivity contribution in [2.45, 2.75) is 25.7 Å². The van der Waals surface area contributed by atoms with Crippen molar-refractivity contribution < 1.29 is 4.79 Å². The Morgan fingerprint density at radius 1 is 1.19 bits per heavy atom. The normalized spacial score (nSPS) is 16.7. The minimum absolute atomic E-state index is 0.0854. The largest absolute Gasteiger partial charge is 0.299 e. The Morgan fingerprint density at radius 2 is 1.94 bits per heavy atom. The highest BCUT2D eigenvalue weighted by molar-refractivity contribution is 5.87. The van der Waals surface area contributed by atoms with Crippen LogP contribution in [0.5, 0.6) is 0 Å². The summed E-state index contributed by atoms with van der Waals surface area (Å²) in [6.45, 7) is 1.67. The minimum Gasteiger partial charge on any atom is -0.299 e. The number of carbonyl (C=O) groups is 1. The number of allylic oxidation sites excluding steroid dienone is 4. The Hall–Kier alpha value is -1.63. The predicted octanol–water partition coefficient (Wildman–Crippen LogP) is 3.64. The van der Waals surface area contributed by atoms with Gasteiger partial charge in [0, 0.05) is 0 Å². The van der Waals surface area contributed by atoms with E-state index in [0.717, 1.165) is 24.0 Å². The number of rotatable bonds is 3. The number of benzene rings is 1. The van der Waals surface area contributed by atoms with Crippen molar-refractivity contribution in [3.05, 3.63) is 59.7 Å². The molecular formula is C15H16O. The Balaban J connectivity index is 2.35. The van der Waals surface area contributed by atoms with Gasteiger partial charge in [-0.1, -0.05) is 48.6 Å². The van der Waals surface area contributed by atoms with Crippen LogP contribution < -0.4 is 0 Å². The maximum Gasteiger partial charge on any atom is 0.141 e. The van der Waals surface area contributed by atoms with E-state index < -0.39 is 0 Å². The Kier molecular flexibility index (Phi) is 3.35. The van der Waals surface area contributed by atoms with Gasteiger partial charge in [-0.25, -0.2) is 0 Å². The fourth-order valence-electron chi connectivity index (χ4n) is 2.16. The van der Waals surface area contributed by atoms with E-state index in [1.807, 2.05) is 30.3 Å². The number of hydrogen-bond acceptors (Lipinski definition) is 1. The maximum atomic E-state index is 11.8. The summed E-state index contributed by atoms with van der Waals surface area (Å²) < 4.78 is 0. The van der Waals surface area contributed by atoms with E-state index in [1.54, 1.807) is 6.92 Å². The molecule has 0 radical (unpaired) electrons. The summed E-state index contributed by atoms with van der Waals surface area (Å²) in [6, 6.07) is 9.99. The number of hydrogen-bond donors (Lipinski definition) is 0. The quantitative estimate of drug-likeness (QED) is 0.747.